The van der Waals surface area contributed by atoms with Crippen LogP contribution >= 0.6 is 0 Å². The third kappa shape index (κ3) is 1.99. The number of imidazole rings is 1. The zero-order valence-electron chi connectivity index (χ0n) is 9.76. The molecule has 0 aromatic carbocycles. The Morgan fingerprint density at radius 1 is 1.35 bits per heavy atom. The van der Waals surface area contributed by atoms with E-state index in [-0.39, 0.29) is 0 Å². The molecular weight excluding hydrogens is 214 g/mol. The molecule has 90 valence electrons. The highest BCUT2D eigenvalue weighted by Gasteiger charge is 2.12. The number of pyridine rings is 1. The molecule has 17 heavy (non-hydrogen) atoms. The molecule has 2 aromatic rings. The average molecular weight is 231 g/mol. The standard InChI is InChI=1S/C12H17N5/c13-11-2-1-5-17-10(8-15-12(11)17)9-16-6-3-14-4-7-16/h1-2,5,8,14H,3-4,6-7,9,13H2. The summed E-state index contributed by atoms with van der Waals surface area (Å²) in [4.78, 5) is 6.81. The molecule has 1 aliphatic heterocycles. The maximum atomic E-state index is 5.90. The molecule has 3 rings (SSSR count). The number of aromatic nitrogens is 2. The number of anilines is 1. The highest BCUT2D eigenvalue weighted by molar-refractivity contribution is 5.64. The minimum atomic E-state index is 0.735. The largest absolute Gasteiger partial charge is 0.396 e. The van der Waals surface area contributed by atoms with Gasteiger partial charge in [-0.25, -0.2) is 4.98 Å². The van der Waals surface area contributed by atoms with Crippen LogP contribution in [0.2, 0.25) is 0 Å². The van der Waals surface area contributed by atoms with Crippen LogP contribution in [-0.2, 0) is 6.54 Å². The van der Waals surface area contributed by atoms with E-state index < -0.39 is 0 Å². The number of nitrogens with zero attached hydrogens (tertiary/aromatic N) is 3. The van der Waals surface area contributed by atoms with Crippen molar-refractivity contribution >= 4 is 11.3 Å². The van der Waals surface area contributed by atoms with Gasteiger partial charge >= 0.3 is 0 Å². The van der Waals surface area contributed by atoms with E-state index in [0.29, 0.717) is 0 Å². The van der Waals surface area contributed by atoms with E-state index in [0.717, 1.165) is 44.1 Å². The minimum absolute atomic E-state index is 0.735. The Hall–Kier alpha value is -1.59. The van der Waals surface area contributed by atoms with Crippen LogP contribution in [0.15, 0.2) is 24.5 Å². The lowest BCUT2D eigenvalue weighted by molar-refractivity contribution is 0.230. The van der Waals surface area contributed by atoms with E-state index >= 15 is 0 Å². The van der Waals surface area contributed by atoms with Crippen LogP contribution in [0, 0.1) is 0 Å². The Morgan fingerprint density at radius 2 is 2.18 bits per heavy atom. The van der Waals surface area contributed by atoms with Crippen molar-refractivity contribution in [2.45, 2.75) is 6.54 Å². The second-order valence-corrected chi connectivity index (χ2v) is 4.43. The van der Waals surface area contributed by atoms with Crippen molar-refractivity contribution in [3.8, 4) is 0 Å². The van der Waals surface area contributed by atoms with Crippen LogP contribution < -0.4 is 11.1 Å². The van der Waals surface area contributed by atoms with Crippen LogP contribution in [0.4, 0.5) is 5.69 Å². The fraction of sp³-hybridized carbons (Fsp3) is 0.417. The van der Waals surface area contributed by atoms with Gasteiger partial charge in [0.1, 0.15) is 0 Å². The molecule has 3 N–H and O–H groups in total. The first-order valence-electron chi connectivity index (χ1n) is 5.98. The molecule has 0 radical (unpaired) electrons. The first-order valence-corrected chi connectivity index (χ1v) is 5.98. The Bertz CT molecular complexity index is 513. The zero-order valence-corrected chi connectivity index (χ0v) is 9.76. The van der Waals surface area contributed by atoms with Crippen LogP contribution in [0.5, 0.6) is 0 Å². The summed E-state index contributed by atoms with van der Waals surface area (Å²) < 4.78 is 2.08. The van der Waals surface area contributed by atoms with E-state index in [9.17, 15) is 0 Å². The molecule has 1 fully saturated rings. The van der Waals surface area contributed by atoms with Gasteiger partial charge in [-0.05, 0) is 12.1 Å². The molecule has 0 bridgehead atoms. The minimum Gasteiger partial charge on any atom is -0.396 e. The van der Waals surface area contributed by atoms with Gasteiger partial charge in [0.2, 0.25) is 0 Å². The van der Waals surface area contributed by atoms with Crippen molar-refractivity contribution in [1.29, 1.82) is 0 Å². The Balaban J connectivity index is 1.87. The number of nitrogens with two attached hydrogens (primary N) is 1. The molecule has 3 heterocycles. The summed E-state index contributed by atoms with van der Waals surface area (Å²) >= 11 is 0. The van der Waals surface area contributed by atoms with Gasteiger partial charge in [0.25, 0.3) is 0 Å². The quantitative estimate of drug-likeness (QED) is 0.781. The lowest BCUT2D eigenvalue weighted by Crippen LogP contribution is -2.43. The highest BCUT2D eigenvalue weighted by Crippen LogP contribution is 2.15. The number of hydrogen-bond donors (Lipinski definition) is 2. The smallest absolute Gasteiger partial charge is 0.160 e. The summed E-state index contributed by atoms with van der Waals surface area (Å²) in [7, 11) is 0. The van der Waals surface area contributed by atoms with E-state index in [1.54, 1.807) is 0 Å². The number of rotatable bonds is 2. The summed E-state index contributed by atoms with van der Waals surface area (Å²) in [5.74, 6) is 0. The Labute approximate surface area is 100 Å². The molecule has 0 saturated carbocycles. The number of nitrogen functional groups attached to an aromatic ring is 1. The maximum absolute atomic E-state index is 5.90. The van der Waals surface area contributed by atoms with Crippen molar-refractivity contribution in [2.24, 2.45) is 0 Å². The number of hydrogen-bond acceptors (Lipinski definition) is 4. The zero-order chi connectivity index (χ0) is 11.7. The number of nitrogens with one attached hydrogen (secondary N) is 1. The van der Waals surface area contributed by atoms with Crippen molar-refractivity contribution < 1.29 is 0 Å². The number of piperazine rings is 1. The summed E-state index contributed by atoms with van der Waals surface area (Å²) in [5, 5.41) is 3.36. The molecule has 5 heteroatoms. The molecule has 0 spiro atoms. The maximum Gasteiger partial charge on any atom is 0.160 e. The van der Waals surface area contributed by atoms with E-state index in [4.69, 9.17) is 5.73 Å². The second-order valence-electron chi connectivity index (χ2n) is 4.43. The van der Waals surface area contributed by atoms with Gasteiger partial charge in [-0.1, -0.05) is 0 Å². The molecule has 0 unspecified atom stereocenters. The summed E-state index contributed by atoms with van der Waals surface area (Å²) in [6.45, 7) is 5.26. The SMILES string of the molecule is Nc1cccn2c(CN3CCNCC3)cnc12. The van der Waals surface area contributed by atoms with Crippen LogP contribution in [0.3, 0.4) is 0 Å². The number of fused-ring (bicyclic) bond motifs is 1. The Kier molecular flexibility index (Phi) is 2.70. The monoisotopic (exact) mass is 231 g/mol. The predicted octanol–water partition coefficient (Wildman–Crippen LogP) is 0.322. The van der Waals surface area contributed by atoms with Crippen molar-refractivity contribution in [2.75, 3.05) is 31.9 Å². The fourth-order valence-electron chi connectivity index (χ4n) is 2.30. The topological polar surface area (TPSA) is 58.6 Å². The summed E-state index contributed by atoms with van der Waals surface area (Å²) in [6, 6.07) is 3.85. The summed E-state index contributed by atoms with van der Waals surface area (Å²) in [5.41, 5.74) is 8.69. The molecule has 1 saturated heterocycles. The highest BCUT2D eigenvalue weighted by atomic mass is 15.2. The van der Waals surface area contributed by atoms with Gasteiger partial charge < -0.3 is 15.5 Å². The van der Waals surface area contributed by atoms with Crippen molar-refractivity contribution in [1.82, 2.24) is 19.6 Å². The normalized spacial score (nSPS) is 17.6. The third-order valence-electron chi connectivity index (χ3n) is 3.24. The van der Waals surface area contributed by atoms with Gasteiger partial charge in [-0.3, -0.25) is 4.90 Å². The molecule has 0 amide bonds. The van der Waals surface area contributed by atoms with Crippen LogP contribution in [-0.4, -0.2) is 40.5 Å². The molecule has 0 atom stereocenters. The lowest BCUT2D eigenvalue weighted by atomic mass is 10.3. The third-order valence-corrected chi connectivity index (χ3v) is 3.24. The van der Waals surface area contributed by atoms with Gasteiger partial charge in [0, 0.05) is 38.9 Å². The van der Waals surface area contributed by atoms with Gasteiger partial charge in [-0.15, -0.1) is 0 Å². The molecule has 5 nitrogen and oxygen atoms in total. The fourth-order valence-corrected chi connectivity index (χ4v) is 2.30. The van der Waals surface area contributed by atoms with Gasteiger partial charge in [-0.2, -0.15) is 0 Å². The second kappa shape index (κ2) is 4.35. The molecule has 2 aromatic heterocycles. The van der Waals surface area contributed by atoms with Crippen molar-refractivity contribution in [3.05, 3.63) is 30.2 Å². The van der Waals surface area contributed by atoms with E-state index in [1.165, 1.54) is 5.69 Å². The lowest BCUT2D eigenvalue weighted by Gasteiger charge is -2.26. The van der Waals surface area contributed by atoms with Crippen LogP contribution in [0.25, 0.3) is 5.65 Å². The first kappa shape index (κ1) is 10.6. The molecule has 0 aliphatic carbocycles. The van der Waals surface area contributed by atoms with E-state index in [1.807, 2.05) is 24.5 Å². The summed E-state index contributed by atoms with van der Waals surface area (Å²) in [6.07, 6.45) is 3.95. The average Bonchev–Trinajstić information content (AvgIpc) is 2.76. The predicted molar refractivity (Wildman–Crippen MR) is 67.8 cm³/mol. The van der Waals surface area contributed by atoms with Crippen molar-refractivity contribution in [3.63, 3.8) is 0 Å². The van der Waals surface area contributed by atoms with Gasteiger partial charge in [0.05, 0.1) is 17.6 Å². The van der Waals surface area contributed by atoms with Gasteiger partial charge in [0.15, 0.2) is 5.65 Å². The van der Waals surface area contributed by atoms with Crippen LogP contribution in [0.1, 0.15) is 5.69 Å². The first-order chi connectivity index (χ1) is 8.34. The molecular formula is C12H17N5. The molecule has 1 aliphatic rings. The van der Waals surface area contributed by atoms with E-state index in [2.05, 4.69) is 19.6 Å². The Morgan fingerprint density at radius 3 is 3.00 bits per heavy atom.